The molecule has 3 rings (SSSR count). The predicted octanol–water partition coefficient (Wildman–Crippen LogP) is 3.56. The van der Waals surface area contributed by atoms with E-state index in [4.69, 9.17) is 0 Å². The standard InChI is InChI=1S/C18H18N2O2/c1-19-18-11-16(21)17(22)12-20(18)15-9-5-8-14(10-15)13-6-3-2-4-7-13/h2-12,18-19,21-22H,1H3. The molecular formula is C18H18N2O2. The zero-order valence-corrected chi connectivity index (χ0v) is 12.3. The van der Waals surface area contributed by atoms with E-state index in [2.05, 4.69) is 23.5 Å². The molecule has 112 valence electrons. The molecule has 0 radical (unpaired) electrons. The zero-order chi connectivity index (χ0) is 15.5. The fourth-order valence-corrected chi connectivity index (χ4v) is 2.53. The Morgan fingerprint density at radius 2 is 1.64 bits per heavy atom. The van der Waals surface area contributed by atoms with Gasteiger partial charge in [-0.05, 0) is 36.4 Å². The number of hydrogen-bond acceptors (Lipinski definition) is 4. The van der Waals surface area contributed by atoms with Crippen LogP contribution in [0, 0.1) is 0 Å². The van der Waals surface area contributed by atoms with Crippen molar-refractivity contribution < 1.29 is 10.2 Å². The minimum Gasteiger partial charge on any atom is -0.504 e. The molecule has 4 nitrogen and oxygen atoms in total. The van der Waals surface area contributed by atoms with E-state index < -0.39 is 0 Å². The number of aliphatic hydroxyl groups is 2. The molecule has 1 atom stereocenters. The van der Waals surface area contributed by atoms with Crippen molar-refractivity contribution in [1.82, 2.24) is 5.32 Å². The summed E-state index contributed by atoms with van der Waals surface area (Å²) in [6.45, 7) is 0. The number of aliphatic hydroxyl groups excluding tert-OH is 2. The summed E-state index contributed by atoms with van der Waals surface area (Å²) < 4.78 is 0. The number of rotatable bonds is 3. The van der Waals surface area contributed by atoms with Crippen molar-refractivity contribution in [2.75, 3.05) is 11.9 Å². The van der Waals surface area contributed by atoms with Gasteiger partial charge < -0.3 is 15.1 Å². The van der Waals surface area contributed by atoms with E-state index in [1.54, 1.807) is 13.1 Å². The van der Waals surface area contributed by atoms with Crippen LogP contribution >= 0.6 is 0 Å². The lowest BCUT2D eigenvalue weighted by Gasteiger charge is -2.31. The fourth-order valence-electron chi connectivity index (χ4n) is 2.53. The van der Waals surface area contributed by atoms with Crippen molar-refractivity contribution in [2.24, 2.45) is 0 Å². The minimum atomic E-state index is -0.220. The predicted molar refractivity (Wildman–Crippen MR) is 88.6 cm³/mol. The Bertz CT molecular complexity index is 723. The lowest BCUT2D eigenvalue weighted by molar-refractivity contribution is 0.315. The van der Waals surface area contributed by atoms with Gasteiger partial charge in [0.25, 0.3) is 0 Å². The molecule has 1 unspecified atom stereocenters. The first kappa shape index (κ1) is 14.2. The first-order valence-electron chi connectivity index (χ1n) is 7.12. The van der Waals surface area contributed by atoms with Crippen LogP contribution in [0.15, 0.2) is 78.4 Å². The maximum absolute atomic E-state index is 9.78. The van der Waals surface area contributed by atoms with Crippen LogP contribution in [0.4, 0.5) is 5.69 Å². The highest BCUT2D eigenvalue weighted by Gasteiger charge is 2.21. The highest BCUT2D eigenvalue weighted by atomic mass is 16.3. The van der Waals surface area contributed by atoms with Gasteiger partial charge in [-0.3, -0.25) is 5.32 Å². The molecule has 2 aromatic carbocycles. The zero-order valence-electron chi connectivity index (χ0n) is 12.3. The monoisotopic (exact) mass is 294 g/mol. The summed E-state index contributed by atoms with van der Waals surface area (Å²) in [6.07, 6.45) is 2.88. The molecule has 1 heterocycles. The summed E-state index contributed by atoms with van der Waals surface area (Å²) in [5.74, 6) is -0.258. The summed E-state index contributed by atoms with van der Waals surface area (Å²) in [4.78, 5) is 1.88. The molecule has 0 saturated heterocycles. The molecule has 4 heteroatoms. The number of likely N-dealkylation sites (N-methyl/N-ethyl adjacent to an activating group) is 1. The van der Waals surface area contributed by atoms with Gasteiger partial charge in [-0.25, -0.2) is 0 Å². The molecular weight excluding hydrogens is 276 g/mol. The second kappa shape index (κ2) is 5.95. The third-order valence-corrected chi connectivity index (χ3v) is 3.69. The van der Waals surface area contributed by atoms with Gasteiger partial charge in [-0.15, -0.1) is 0 Å². The lowest BCUT2D eigenvalue weighted by Crippen LogP contribution is -2.42. The summed E-state index contributed by atoms with van der Waals surface area (Å²) >= 11 is 0. The minimum absolute atomic E-state index is 0.116. The second-order valence-electron chi connectivity index (χ2n) is 5.12. The van der Waals surface area contributed by atoms with Gasteiger partial charge in [-0.1, -0.05) is 42.5 Å². The van der Waals surface area contributed by atoms with Crippen molar-refractivity contribution in [2.45, 2.75) is 6.17 Å². The van der Waals surface area contributed by atoms with Gasteiger partial charge in [0.15, 0.2) is 11.5 Å². The summed E-state index contributed by atoms with van der Waals surface area (Å²) in [5.41, 5.74) is 3.16. The largest absolute Gasteiger partial charge is 0.504 e. The van der Waals surface area contributed by atoms with Gasteiger partial charge in [0.1, 0.15) is 6.17 Å². The van der Waals surface area contributed by atoms with E-state index in [9.17, 15) is 10.2 Å². The average molecular weight is 294 g/mol. The third kappa shape index (κ3) is 2.69. The average Bonchev–Trinajstić information content (AvgIpc) is 2.58. The Kier molecular flexibility index (Phi) is 3.85. The molecule has 0 spiro atoms. The van der Waals surface area contributed by atoms with Gasteiger partial charge in [0.05, 0.1) is 6.20 Å². The molecule has 22 heavy (non-hydrogen) atoms. The lowest BCUT2D eigenvalue weighted by atomic mass is 10.0. The third-order valence-electron chi connectivity index (χ3n) is 3.69. The van der Waals surface area contributed by atoms with E-state index in [-0.39, 0.29) is 17.7 Å². The van der Waals surface area contributed by atoms with Gasteiger partial charge in [0.2, 0.25) is 0 Å². The van der Waals surface area contributed by atoms with Crippen LogP contribution in [-0.2, 0) is 0 Å². The van der Waals surface area contributed by atoms with Crippen molar-refractivity contribution in [3.63, 3.8) is 0 Å². The fraction of sp³-hybridized carbons (Fsp3) is 0.111. The molecule has 0 saturated carbocycles. The first-order chi connectivity index (χ1) is 10.7. The summed E-state index contributed by atoms with van der Waals surface area (Å²) in [7, 11) is 1.80. The Hall–Kier alpha value is -2.72. The van der Waals surface area contributed by atoms with Crippen LogP contribution in [0.2, 0.25) is 0 Å². The van der Waals surface area contributed by atoms with Crippen LogP contribution in [0.5, 0.6) is 0 Å². The van der Waals surface area contributed by atoms with Crippen LogP contribution in [0.3, 0.4) is 0 Å². The first-order valence-corrected chi connectivity index (χ1v) is 7.12. The second-order valence-corrected chi connectivity index (χ2v) is 5.12. The van der Waals surface area contributed by atoms with Crippen LogP contribution in [-0.4, -0.2) is 23.4 Å². The van der Waals surface area contributed by atoms with Gasteiger partial charge in [-0.2, -0.15) is 0 Å². The van der Waals surface area contributed by atoms with Crippen molar-refractivity contribution in [3.05, 3.63) is 78.4 Å². The topological polar surface area (TPSA) is 55.7 Å². The Morgan fingerprint density at radius 3 is 2.36 bits per heavy atom. The summed E-state index contributed by atoms with van der Waals surface area (Å²) in [5, 5.41) is 22.5. The smallest absolute Gasteiger partial charge is 0.173 e. The van der Waals surface area contributed by atoms with Crippen molar-refractivity contribution >= 4 is 5.69 Å². The van der Waals surface area contributed by atoms with E-state index in [1.165, 1.54) is 6.20 Å². The Balaban J connectivity index is 1.99. The highest BCUT2D eigenvalue weighted by molar-refractivity contribution is 5.69. The maximum Gasteiger partial charge on any atom is 0.173 e. The molecule has 0 fully saturated rings. The van der Waals surface area contributed by atoms with Crippen LogP contribution in [0.25, 0.3) is 11.1 Å². The maximum atomic E-state index is 9.78. The summed E-state index contributed by atoms with van der Waals surface area (Å²) in [6, 6.07) is 18.2. The molecule has 1 aliphatic rings. The molecule has 0 bridgehead atoms. The molecule has 1 aliphatic heterocycles. The number of benzene rings is 2. The molecule has 3 N–H and O–H groups in total. The number of nitrogens with zero attached hydrogens (tertiary/aromatic N) is 1. The van der Waals surface area contributed by atoms with E-state index in [1.807, 2.05) is 41.3 Å². The number of anilines is 1. The number of nitrogens with one attached hydrogen (secondary N) is 1. The number of hydrogen-bond donors (Lipinski definition) is 3. The van der Waals surface area contributed by atoms with E-state index in [0.29, 0.717) is 0 Å². The van der Waals surface area contributed by atoms with Gasteiger partial charge >= 0.3 is 0 Å². The molecule has 0 aliphatic carbocycles. The van der Waals surface area contributed by atoms with E-state index >= 15 is 0 Å². The highest BCUT2D eigenvalue weighted by Crippen LogP contribution is 2.28. The van der Waals surface area contributed by atoms with Crippen LogP contribution in [0.1, 0.15) is 0 Å². The molecule has 2 aromatic rings. The van der Waals surface area contributed by atoms with Crippen molar-refractivity contribution in [1.29, 1.82) is 0 Å². The Labute approximate surface area is 129 Å². The Morgan fingerprint density at radius 1 is 0.909 bits per heavy atom. The normalized spacial score (nSPS) is 17.9. The van der Waals surface area contributed by atoms with Crippen LogP contribution < -0.4 is 10.2 Å². The van der Waals surface area contributed by atoms with E-state index in [0.717, 1.165) is 16.8 Å². The molecule has 0 amide bonds. The SMILES string of the molecule is CNC1C=C(O)C(O)=CN1c1cccc(-c2ccccc2)c1. The quantitative estimate of drug-likeness (QED) is 0.810. The van der Waals surface area contributed by atoms with Gasteiger partial charge in [0, 0.05) is 5.69 Å². The van der Waals surface area contributed by atoms with Crippen molar-refractivity contribution in [3.8, 4) is 11.1 Å². The molecule has 0 aromatic heterocycles.